The normalized spacial score (nSPS) is 27.3. The lowest BCUT2D eigenvalue weighted by Gasteiger charge is -2.31. The molecule has 1 saturated carbocycles. The predicted molar refractivity (Wildman–Crippen MR) is 81.0 cm³/mol. The van der Waals surface area contributed by atoms with Gasteiger partial charge in [-0.2, -0.15) is 0 Å². The number of nitrogens with one attached hydrogen (secondary N) is 1. The number of pyridine rings is 1. The number of aliphatic carboxylic acids is 1. The first-order valence-electron chi connectivity index (χ1n) is 7.27. The van der Waals surface area contributed by atoms with Gasteiger partial charge in [0.15, 0.2) is 0 Å². The van der Waals surface area contributed by atoms with Crippen molar-refractivity contribution < 1.29 is 14.6 Å². The second kappa shape index (κ2) is 5.66. The van der Waals surface area contributed by atoms with E-state index >= 15 is 0 Å². The first-order valence-corrected chi connectivity index (χ1v) is 8.06. The molecule has 1 aromatic rings. The van der Waals surface area contributed by atoms with Crippen LogP contribution in [0.25, 0.3) is 0 Å². The van der Waals surface area contributed by atoms with Crippen LogP contribution in [0.3, 0.4) is 0 Å². The third kappa shape index (κ3) is 2.84. The van der Waals surface area contributed by atoms with Crippen molar-refractivity contribution in [3.05, 3.63) is 28.5 Å². The summed E-state index contributed by atoms with van der Waals surface area (Å²) in [4.78, 5) is 15.2. The molecular weight excluding hydrogens is 336 g/mol. The summed E-state index contributed by atoms with van der Waals surface area (Å²) >= 11 is 3.48. The number of rotatable bonds is 4. The summed E-state index contributed by atoms with van der Waals surface area (Å²) in [6, 6.07) is 3.83. The number of nitrogens with zero attached hydrogens (tertiary/aromatic N) is 1. The first-order chi connectivity index (χ1) is 10.1. The second-order valence-corrected chi connectivity index (χ2v) is 6.79. The fourth-order valence-corrected chi connectivity index (χ4v) is 4.31. The lowest BCUT2D eigenvalue weighted by atomic mass is 9.84. The zero-order valence-corrected chi connectivity index (χ0v) is 13.4. The van der Waals surface area contributed by atoms with Gasteiger partial charge in [0.25, 0.3) is 0 Å². The van der Waals surface area contributed by atoms with E-state index in [0.29, 0.717) is 6.54 Å². The zero-order chi connectivity index (χ0) is 14.9. The highest BCUT2D eigenvalue weighted by Gasteiger charge is 2.51. The summed E-state index contributed by atoms with van der Waals surface area (Å²) in [6.07, 6.45) is 7.21. The van der Waals surface area contributed by atoms with E-state index in [1.807, 2.05) is 12.1 Å². The van der Waals surface area contributed by atoms with Crippen molar-refractivity contribution in [1.82, 2.24) is 10.3 Å². The summed E-state index contributed by atoms with van der Waals surface area (Å²) in [5, 5.41) is 12.6. The van der Waals surface area contributed by atoms with Gasteiger partial charge in [-0.15, -0.1) is 0 Å². The minimum atomic E-state index is -0.943. The molecule has 1 spiro atoms. The quantitative estimate of drug-likeness (QED) is 0.812. The van der Waals surface area contributed by atoms with Gasteiger partial charge in [-0.1, -0.05) is 18.9 Å². The molecule has 0 aromatic carbocycles. The van der Waals surface area contributed by atoms with Crippen molar-refractivity contribution in [3.8, 4) is 0 Å². The SMILES string of the molecule is O=C(O)COC1(c2cccnc2Br)CNC2(CCCC2)C1. The zero-order valence-electron chi connectivity index (χ0n) is 11.8. The molecule has 3 rings (SSSR count). The van der Waals surface area contributed by atoms with Crippen LogP contribution in [0, 0.1) is 0 Å². The highest BCUT2D eigenvalue weighted by molar-refractivity contribution is 9.10. The van der Waals surface area contributed by atoms with Gasteiger partial charge >= 0.3 is 5.97 Å². The molecule has 21 heavy (non-hydrogen) atoms. The fraction of sp³-hybridized carbons (Fsp3) is 0.600. The highest BCUT2D eigenvalue weighted by Crippen LogP contribution is 2.47. The molecule has 2 heterocycles. The Hall–Kier alpha value is -0.980. The van der Waals surface area contributed by atoms with Gasteiger partial charge in [-0.3, -0.25) is 0 Å². The summed E-state index contributed by atoms with van der Waals surface area (Å²) in [7, 11) is 0. The van der Waals surface area contributed by atoms with E-state index in [0.717, 1.165) is 29.4 Å². The molecule has 6 heteroatoms. The topological polar surface area (TPSA) is 71.5 Å². The molecule has 2 N–H and O–H groups in total. The van der Waals surface area contributed by atoms with Crippen molar-refractivity contribution in [2.75, 3.05) is 13.2 Å². The standard InChI is InChI=1S/C15H19BrN2O3/c16-13-11(4-3-7-17-13)15(21-8-12(19)20)9-14(18-10-15)5-1-2-6-14/h3-4,7,18H,1-2,5-6,8-10H2,(H,19,20). The highest BCUT2D eigenvalue weighted by atomic mass is 79.9. The van der Waals surface area contributed by atoms with E-state index in [4.69, 9.17) is 9.84 Å². The summed E-state index contributed by atoms with van der Waals surface area (Å²) < 4.78 is 6.60. The first kappa shape index (κ1) is 14.9. The fourth-order valence-electron chi connectivity index (χ4n) is 3.70. The molecule has 1 aliphatic heterocycles. The molecule has 0 bridgehead atoms. The van der Waals surface area contributed by atoms with E-state index in [1.165, 1.54) is 12.8 Å². The Bertz CT molecular complexity index is 545. The van der Waals surface area contributed by atoms with E-state index in [1.54, 1.807) is 6.20 Å². The monoisotopic (exact) mass is 354 g/mol. The van der Waals surface area contributed by atoms with Crippen LogP contribution < -0.4 is 5.32 Å². The van der Waals surface area contributed by atoms with Gasteiger partial charge < -0.3 is 15.2 Å². The second-order valence-electron chi connectivity index (χ2n) is 6.04. The number of carboxylic acids is 1. The van der Waals surface area contributed by atoms with Crippen molar-refractivity contribution in [1.29, 1.82) is 0 Å². The van der Waals surface area contributed by atoms with Crippen LogP contribution >= 0.6 is 15.9 Å². The van der Waals surface area contributed by atoms with Crippen molar-refractivity contribution in [3.63, 3.8) is 0 Å². The number of ether oxygens (including phenoxy) is 1. The Morgan fingerprint density at radius 1 is 1.48 bits per heavy atom. The Morgan fingerprint density at radius 3 is 2.90 bits per heavy atom. The maximum absolute atomic E-state index is 11.0. The van der Waals surface area contributed by atoms with Crippen molar-refractivity contribution in [2.45, 2.75) is 43.2 Å². The molecule has 2 aliphatic rings. The lowest BCUT2D eigenvalue weighted by Crippen LogP contribution is -2.35. The number of carbonyl (C=O) groups is 1. The number of hydrogen-bond acceptors (Lipinski definition) is 4. The minimum Gasteiger partial charge on any atom is -0.480 e. The predicted octanol–water partition coefficient (Wildman–Crippen LogP) is 2.45. The maximum Gasteiger partial charge on any atom is 0.329 e. The van der Waals surface area contributed by atoms with Gasteiger partial charge in [0.05, 0.1) is 0 Å². The number of carboxylic acid groups (broad SMARTS) is 1. The third-order valence-electron chi connectivity index (χ3n) is 4.66. The van der Waals surface area contributed by atoms with Crippen LogP contribution in [0.1, 0.15) is 37.7 Å². The molecule has 114 valence electrons. The van der Waals surface area contributed by atoms with Crippen molar-refractivity contribution >= 4 is 21.9 Å². The van der Waals surface area contributed by atoms with E-state index < -0.39 is 11.6 Å². The Morgan fingerprint density at radius 2 is 2.24 bits per heavy atom. The van der Waals surface area contributed by atoms with Crippen LogP contribution in [-0.4, -0.2) is 34.8 Å². The van der Waals surface area contributed by atoms with E-state index in [-0.39, 0.29) is 12.1 Å². The van der Waals surface area contributed by atoms with Crippen molar-refractivity contribution in [2.24, 2.45) is 0 Å². The molecular formula is C15H19BrN2O3. The lowest BCUT2D eigenvalue weighted by molar-refractivity contribution is -0.149. The average Bonchev–Trinajstić information content (AvgIpc) is 3.06. The Balaban J connectivity index is 1.93. The maximum atomic E-state index is 11.0. The molecule has 0 amide bonds. The number of aromatic nitrogens is 1. The summed E-state index contributed by atoms with van der Waals surface area (Å²) in [5.41, 5.74) is 0.409. The molecule has 5 nitrogen and oxygen atoms in total. The van der Waals surface area contributed by atoms with E-state index in [9.17, 15) is 4.79 Å². The van der Waals surface area contributed by atoms with E-state index in [2.05, 4.69) is 26.2 Å². The third-order valence-corrected chi connectivity index (χ3v) is 5.29. The van der Waals surface area contributed by atoms with Crippen LogP contribution in [-0.2, 0) is 15.1 Å². The molecule has 1 unspecified atom stereocenters. The number of hydrogen-bond donors (Lipinski definition) is 2. The molecule has 1 atom stereocenters. The number of halogens is 1. The Labute approximate surface area is 132 Å². The minimum absolute atomic E-state index is 0.0911. The van der Waals surface area contributed by atoms with Gasteiger partial charge in [-0.25, -0.2) is 9.78 Å². The molecule has 1 aromatic heterocycles. The van der Waals surface area contributed by atoms with Crippen LogP contribution in [0.4, 0.5) is 0 Å². The van der Waals surface area contributed by atoms with Crippen LogP contribution in [0.5, 0.6) is 0 Å². The van der Waals surface area contributed by atoms with Gasteiger partial charge in [-0.05, 0) is 34.8 Å². The van der Waals surface area contributed by atoms with Gasteiger partial charge in [0, 0.05) is 30.3 Å². The summed E-state index contributed by atoms with van der Waals surface area (Å²) in [5.74, 6) is -0.943. The van der Waals surface area contributed by atoms with Gasteiger partial charge in [0.1, 0.15) is 16.8 Å². The van der Waals surface area contributed by atoms with Crippen LogP contribution in [0.2, 0.25) is 0 Å². The van der Waals surface area contributed by atoms with Gasteiger partial charge in [0.2, 0.25) is 0 Å². The van der Waals surface area contributed by atoms with Crippen LogP contribution in [0.15, 0.2) is 22.9 Å². The molecule has 1 aliphatic carbocycles. The largest absolute Gasteiger partial charge is 0.480 e. The smallest absolute Gasteiger partial charge is 0.329 e. The molecule has 1 saturated heterocycles. The average molecular weight is 355 g/mol. The summed E-state index contributed by atoms with van der Waals surface area (Å²) in [6.45, 7) is 0.337. The molecule has 0 radical (unpaired) electrons. The molecule has 2 fully saturated rings. The Kier molecular flexibility index (Phi) is 4.03.